The first-order chi connectivity index (χ1) is 7.05. The van der Waals surface area contributed by atoms with Gasteiger partial charge in [-0.25, -0.2) is 0 Å². The Hall–Kier alpha value is 0.210. The van der Waals surface area contributed by atoms with Crippen molar-refractivity contribution in [2.45, 2.75) is 57.8 Å². The molecule has 1 spiro atoms. The Morgan fingerprint density at radius 2 is 2.00 bits per heavy atom. The van der Waals surface area contributed by atoms with Gasteiger partial charge in [-0.1, -0.05) is 13.8 Å². The summed E-state index contributed by atoms with van der Waals surface area (Å²) in [6.45, 7) is 5.34. The first-order valence-corrected chi connectivity index (χ1v) is 6.47. The number of halogens is 1. The van der Waals surface area contributed by atoms with Crippen LogP contribution in [0.3, 0.4) is 0 Å². The number of ether oxygens (including phenoxy) is 2. The molecule has 3 heteroatoms. The molecule has 2 rings (SSSR count). The summed E-state index contributed by atoms with van der Waals surface area (Å²) in [5, 5.41) is 0. The largest absolute Gasteiger partial charge is 0.347 e. The average molecular weight is 233 g/mol. The molecule has 2 atom stereocenters. The van der Waals surface area contributed by atoms with Gasteiger partial charge in [0.2, 0.25) is 0 Å². The lowest BCUT2D eigenvalue weighted by Crippen LogP contribution is -2.30. The molecule has 0 aromatic rings. The van der Waals surface area contributed by atoms with E-state index < -0.39 is 0 Å². The monoisotopic (exact) mass is 232 g/mol. The molecule has 0 N–H and O–H groups in total. The van der Waals surface area contributed by atoms with Gasteiger partial charge in [-0.3, -0.25) is 0 Å². The van der Waals surface area contributed by atoms with Crippen molar-refractivity contribution in [1.29, 1.82) is 0 Å². The fourth-order valence-electron chi connectivity index (χ4n) is 2.57. The van der Waals surface area contributed by atoms with Crippen LogP contribution in [0.2, 0.25) is 0 Å². The second-order valence-electron chi connectivity index (χ2n) is 5.63. The highest BCUT2D eigenvalue weighted by atomic mass is 35.5. The van der Waals surface area contributed by atoms with Crippen molar-refractivity contribution < 1.29 is 9.47 Å². The topological polar surface area (TPSA) is 18.5 Å². The van der Waals surface area contributed by atoms with Crippen LogP contribution in [0.15, 0.2) is 0 Å². The van der Waals surface area contributed by atoms with Crippen molar-refractivity contribution in [3.8, 4) is 0 Å². The molecule has 1 heterocycles. The second-order valence-corrected chi connectivity index (χ2v) is 5.94. The Balaban J connectivity index is 1.99. The van der Waals surface area contributed by atoms with Crippen LogP contribution in [0.5, 0.6) is 0 Å². The maximum absolute atomic E-state index is 5.96. The van der Waals surface area contributed by atoms with Gasteiger partial charge in [-0.2, -0.15) is 0 Å². The summed E-state index contributed by atoms with van der Waals surface area (Å²) < 4.78 is 11.8. The van der Waals surface area contributed by atoms with Crippen molar-refractivity contribution in [3.63, 3.8) is 0 Å². The fraction of sp³-hybridized carbons (Fsp3) is 1.00. The van der Waals surface area contributed by atoms with Crippen LogP contribution in [0, 0.1) is 5.41 Å². The Morgan fingerprint density at radius 1 is 1.20 bits per heavy atom. The predicted octanol–water partition coefficient (Wildman–Crippen LogP) is 3.33. The summed E-state index contributed by atoms with van der Waals surface area (Å²) in [6, 6.07) is 0. The predicted molar refractivity (Wildman–Crippen MR) is 61.1 cm³/mol. The summed E-state index contributed by atoms with van der Waals surface area (Å²) in [6.07, 6.45) is 5.81. The number of hydrogen-bond acceptors (Lipinski definition) is 2. The van der Waals surface area contributed by atoms with Crippen LogP contribution in [-0.2, 0) is 9.47 Å². The van der Waals surface area contributed by atoms with Crippen LogP contribution < -0.4 is 0 Å². The molecule has 15 heavy (non-hydrogen) atoms. The molecule has 1 saturated heterocycles. The van der Waals surface area contributed by atoms with E-state index in [1.165, 1.54) is 19.3 Å². The number of alkyl halides is 1. The third-order valence-electron chi connectivity index (χ3n) is 3.68. The van der Waals surface area contributed by atoms with Crippen molar-refractivity contribution in [2.75, 3.05) is 12.5 Å². The molecule has 2 fully saturated rings. The molecule has 88 valence electrons. The molecule has 2 unspecified atom stereocenters. The van der Waals surface area contributed by atoms with E-state index in [0.29, 0.717) is 17.9 Å². The van der Waals surface area contributed by atoms with Crippen molar-refractivity contribution >= 4 is 11.6 Å². The lowest BCUT2D eigenvalue weighted by molar-refractivity contribution is -0.174. The quantitative estimate of drug-likeness (QED) is 0.646. The third kappa shape index (κ3) is 2.66. The van der Waals surface area contributed by atoms with Gasteiger partial charge in [-0.15, -0.1) is 11.6 Å². The summed E-state index contributed by atoms with van der Waals surface area (Å²) in [5.41, 5.74) is 0.440. The van der Waals surface area contributed by atoms with E-state index in [0.717, 1.165) is 12.8 Å². The molecule has 0 amide bonds. The lowest BCUT2D eigenvalue weighted by Gasteiger charge is -2.27. The molecule has 0 aromatic heterocycles. The first-order valence-electron chi connectivity index (χ1n) is 5.93. The SMILES string of the molecule is CC1(C)CCCC2(CC1)OCC(CCl)O2. The molecule has 1 aliphatic carbocycles. The summed E-state index contributed by atoms with van der Waals surface area (Å²) >= 11 is 5.80. The minimum atomic E-state index is -0.298. The van der Waals surface area contributed by atoms with E-state index in [1.54, 1.807) is 0 Å². The molecule has 0 radical (unpaired) electrons. The summed E-state index contributed by atoms with van der Waals surface area (Å²) in [4.78, 5) is 0. The highest BCUT2D eigenvalue weighted by Crippen LogP contribution is 2.43. The van der Waals surface area contributed by atoms with E-state index in [4.69, 9.17) is 21.1 Å². The van der Waals surface area contributed by atoms with Crippen molar-refractivity contribution in [3.05, 3.63) is 0 Å². The lowest BCUT2D eigenvalue weighted by atomic mass is 9.85. The molecule has 2 aliphatic rings. The molecule has 2 nitrogen and oxygen atoms in total. The number of hydrogen-bond donors (Lipinski definition) is 0. The smallest absolute Gasteiger partial charge is 0.168 e. The Bertz CT molecular complexity index is 230. The normalized spacial score (nSPS) is 40.6. The standard InChI is InChI=1S/C12H21ClO2/c1-11(2)4-3-5-12(7-6-11)14-9-10(8-13)15-12/h10H,3-9H2,1-2H3. The van der Waals surface area contributed by atoms with Crippen LogP contribution in [0.4, 0.5) is 0 Å². The van der Waals surface area contributed by atoms with Gasteiger partial charge in [0.1, 0.15) is 0 Å². The Morgan fingerprint density at radius 3 is 2.67 bits per heavy atom. The molecule has 0 aromatic carbocycles. The van der Waals surface area contributed by atoms with Crippen LogP contribution in [0.25, 0.3) is 0 Å². The molecule has 1 saturated carbocycles. The van der Waals surface area contributed by atoms with E-state index >= 15 is 0 Å². The Kier molecular flexibility index (Phi) is 3.30. The van der Waals surface area contributed by atoms with Crippen LogP contribution >= 0.6 is 11.6 Å². The van der Waals surface area contributed by atoms with Crippen LogP contribution in [-0.4, -0.2) is 24.4 Å². The summed E-state index contributed by atoms with van der Waals surface area (Å²) in [5.74, 6) is 0.248. The first kappa shape index (κ1) is 11.7. The van der Waals surface area contributed by atoms with Gasteiger partial charge < -0.3 is 9.47 Å². The van der Waals surface area contributed by atoms with Gasteiger partial charge in [0.05, 0.1) is 18.6 Å². The molecular formula is C12H21ClO2. The minimum Gasteiger partial charge on any atom is -0.347 e. The summed E-state index contributed by atoms with van der Waals surface area (Å²) in [7, 11) is 0. The van der Waals surface area contributed by atoms with E-state index in [2.05, 4.69) is 13.8 Å². The van der Waals surface area contributed by atoms with Gasteiger partial charge >= 0.3 is 0 Å². The van der Waals surface area contributed by atoms with E-state index in [9.17, 15) is 0 Å². The van der Waals surface area contributed by atoms with Gasteiger partial charge in [0.15, 0.2) is 5.79 Å². The zero-order valence-corrected chi connectivity index (χ0v) is 10.5. The van der Waals surface area contributed by atoms with E-state index in [-0.39, 0.29) is 11.9 Å². The highest BCUT2D eigenvalue weighted by molar-refractivity contribution is 6.18. The maximum Gasteiger partial charge on any atom is 0.168 e. The van der Waals surface area contributed by atoms with Crippen molar-refractivity contribution in [2.24, 2.45) is 5.41 Å². The van der Waals surface area contributed by atoms with Crippen molar-refractivity contribution in [1.82, 2.24) is 0 Å². The zero-order valence-electron chi connectivity index (χ0n) is 9.72. The van der Waals surface area contributed by atoms with Gasteiger partial charge in [-0.05, 0) is 24.7 Å². The minimum absolute atomic E-state index is 0.105. The van der Waals surface area contributed by atoms with E-state index in [1.807, 2.05) is 0 Å². The maximum atomic E-state index is 5.96. The fourth-order valence-corrected chi connectivity index (χ4v) is 2.72. The highest BCUT2D eigenvalue weighted by Gasteiger charge is 2.43. The zero-order chi connectivity index (χ0) is 10.9. The third-order valence-corrected chi connectivity index (χ3v) is 4.02. The molecular weight excluding hydrogens is 212 g/mol. The number of rotatable bonds is 1. The Labute approximate surface area is 97.3 Å². The van der Waals surface area contributed by atoms with Gasteiger partial charge in [0.25, 0.3) is 0 Å². The van der Waals surface area contributed by atoms with Crippen LogP contribution in [0.1, 0.15) is 46.0 Å². The van der Waals surface area contributed by atoms with Gasteiger partial charge in [0, 0.05) is 12.8 Å². The molecule has 0 bridgehead atoms. The molecule has 1 aliphatic heterocycles. The second kappa shape index (κ2) is 4.23. The average Bonchev–Trinajstić information content (AvgIpc) is 2.52.